The van der Waals surface area contributed by atoms with Gasteiger partial charge in [-0.3, -0.25) is 9.59 Å². The number of aliphatic hydroxyl groups is 2. The van der Waals surface area contributed by atoms with Gasteiger partial charge in [-0.1, -0.05) is 27.7 Å². The monoisotopic (exact) mass is 420 g/mol. The van der Waals surface area contributed by atoms with E-state index >= 15 is 0 Å². The Balaban J connectivity index is 2.34. The number of fused-ring (bicyclic) bond motifs is 3. The van der Waals surface area contributed by atoms with Crippen molar-refractivity contribution in [2.75, 3.05) is 6.61 Å². The molecule has 0 bridgehead atoms. The van der Waals surface area contributed by atoms with Crippen LogP contribution in [0, 0.1) is 5.41 Å². The highest BCUT2D eigenvalue weighted by Crippen LogP contribution is 2.61. The molecule has 0 aromatic heterocycles. The molecular formula is C22H28O8. The van der Waals surface area contributed by atoms with Crippen LogP contribution in [0.3, 0.4) is 0 Å². The number of carbonyl (C=O) groups excluding carboxylic acids is 2. The van der Waals surface area contributed by atoms with Gasteiger partial charge in [0.2, 0.25) is 5.78 Å². The number of benzene rings is 1. The number of carbonyl (C=O) groups is 2. The maximum Gasteiger partial charge on any atom is 0.302 e. The molecule has 8 heteroatoms. The highest BCUT2D eigenvalue weighted by Gasteiger charge is 2.57. The fourth-order valence-electron chi connectivity index (χ4n) is 5.28. The Morgan fingerprint density at radius 1 is 1.13 bits per heavy atom. The Morgan fingerprint density at radius 3 is 2.27 bits per heavy atom. The first-order valence-corrected chi connectivity index (χ1v) is 9.88. The van der Waals surface area contributed by atoms with Gasteiger partial charge in [-0.05, 0) is 18.4 Å². The largest absolute Gasteiger partial charge is 0.507 e. The van der Waals surface area contributed by atoms with E-state index in [1.165, 1.54) is 13.8 Å². The van der Waals surface area contributed by atoms with Gasteiger partial charge in [-0.25, -0.2) is 0 Å². The molecule has 8 nitrogen and oxygen atoms in total. The van der Waals surface area contributed by atoms with E-state index in [-0.39, 0.29) is 28.7 Å². The second-order valence-corrected chi connectivity index (χ2v) is 9.04. The minimum atomic E-state index is -1.10. The summed E-state index contributed by atoms with van der Waals surface area (Å²) in [6.07, 6.45) is 0.0612. The molecule has 3 atom stereocenters. The van der Waals surface area contributed by atoms with Crippen molar-refractivity contribution in [2.45, 2.75) is 64.9 Å². The normalized spacial score (nSPS) is 26.1. The number of hydrogen-bond acceptors (Lipinski definition) is 8. The lowest BCUT2D eigenvalue weighted by Crippen LogP contribution is -2.50. The second kappa shape index (κ2) is 6.91. The number of rotatable bonds is 3. The molecule has 2 aliphatic rings. The molecule has 2 aliphatic carbocycles. The van der Waals surface area contributed by atoms with E-state index in [4.69, 9.17) is 4.74 Å². The van der Waals surface area contributed by atoms with E-state index in [1.54, 1.807) is 20.8 Å². The summed E-state index contributed by atoms with van der Waals surface area (Å²) in [6.45, 7) is 7.55. The smallest absolute Gasteiger partial charge is 0.302 e. The second-order valence-electron chi connectivity index (χ2n) is 9.04. The van der Waals surface area contributed by atoms with E-state index < -0.39 is 64.2 Å². The van der Waals surface area contributed by atoms with Crippen LogP contribution in [0.5, 0.6) is 17.2 Å². The molecule has 30 heavy (non-hydrogen) atoms. The van der Waals surface area contributed by atoms with Gasteiger partial charge >= 0.3 is 5.97 Å². The van der Waals surface area contributed by atoms with Crippen LogP contribution in [0.2, 0.25) is 0 Å². The molecule has 0 saturated heterocycles. The van der Waals surface area contributed by atoms with Gasteiger partial charge in [0.05, 0.1) is 5.56 Å². The summed E-state index contributed by atoms with van der Waals surface area (Å²) >= 11 is 0. The third-order valence-electron chi connectivity index (χ3n) is 6.67. The first kappa shape index (κ1) is 22.0. The number of esters is 1. The lowest BCUT2D eigenvalue weighted by molar-refractivity contribution is -0.153. The van der Waals surface area contributed by atoms with E-state index in [1.807, 2.05) is 0 Å². The lowest BCUT2D eigenvalue weighted by atomic mass is 9.53. The fourth-order valence-corrected chi connectivity index (χ4v) is 5.28. The van der Waals surface area contributed by atoms with E-state index in [0.29, 0.717) is 6.42 Å². The van der Waals surface area contributed by atoms with Gasteiger partial charge in [0.15, 0.2) is 17.3 Å². The van der Waals surface area contributed by atoms with Gasteiger partial charge < -0.3 is 30.3 Å². The van der Waals surface area contributed by atoms with Crippen molar-refractivity contribution in [3.8, 4) is 17.2 Å². The summed E-state index contributed by atoms with van der Waals surface area (Å²) in [6, 6.07) is 0. The average molecular weight is 420 g/mol. The number of phenols is 3. The lowest BCUT2D eigenvalue weighted by Gasteiger charge is -2.52. The molecule has 1 fully saturated rings. The first-order valence-electron chi connectivity index (χ1n) is 9.88. The van der Waals surface area contributed by atoms with Crippen LogP contribution in [0.15, 0.2) is 11.3 Å². The number of Topliss-reactive ketones (excluding diaryl/α,β-unsaturated/α-hetero) is 1. The minimum Gasteiger partial charge on any atom is -0.507 e. The molecule has 1 unspecified atom stereocenters. The number of hydrogen-bond donors (Lipinski definition) is 5. The quantitative estimate of drug-likeness (QED) is 0.285. The Bertz CT molecular complexity index is 974. The summed E-state index contributed by atoms with van der Waals surface area (Å²) < 4.78 is 5.43. The van der Waals surface area contributed by atoms with Crippen molar-refractivity contribution < 1.29 is 39.9 Å². The van der Waals surface area contributed by atoms with Crippen molar-refractivity contribution in [3.05, 3.63) is 28.0 Å². The van der Waals surface area contributed by atoms with Crippen LogP contribution in [-0.2, 0) is 14.9 Å². The number of allylic oxidation sites excluding steroid dienone is 1. The maximum atomic E-state index is 13.1. The predicted molar refractivity (Wildman–Crippen MR) is 107 cm³/mol. The molecule has 0 heterocycles. The predicted octanol–water partition coefficient (Wildman–Crippen LogP) is 2.92. The highest BCUT2D eigenvalue weighted by atomic mass is 16.5. The Hall–Kier alpha value is -2.74. The zero-order chi connectivity index (χ0) is 22.8. The Labute approximate surface area is 174 Å². The van der Waals surface area contributed by atoms with Crippen LogP contribution in [0.4, 0.5) is 0 Å². The van der Waals surface area contributed by atoms with Crippen molar-refractivity contribution in [1.29, 1.82) is 0 Å². The number of phenolic OH excluding ortho intramolecular Hbond substituents is 3. The Morgan fingerprint density at radius 2 is 1.73 bits per heavy atom. The standard InChI is InChI=1S/C22H28O8/c1-9(8-23)12-15(25)13-14(18(28)16(12)26)22(5)7-6-11(30-10(2)24)21(3,4)20(22)19(29)17(13)27/h9,11,23,25-26,28-29H,6-8H2,1-5H3/t9?,11-,22-/m1/s1. The molecule has 0 aliphatic heterocycles. The molecule has 1 saturated carbocycles. The minimum absolute atomic E-state index is 0.0264. The summed E-state index contributed by atoms with van der Waals surface area (Å²) in [4.78, 5) is 24.7. The van der Waals surface area contributed by atoms with Gasteiger partial charge in [0.25, 0.3) is 0 Å². The molecule has 0 spiro atoms. The Kier molecular flexibility index (Phi) is 5.05. The maximum absolute atomic E-state index is 13.1. The first-order chi connectivity index (χ1) is 13.8. The molecule has 5 N–H and O–H groups in total. The zero-order valence-electron chi connectivity index (χ0n) is 17.7. The summed E-state index contributed by atoms with van der Waals surface area (Å²) in [5.74, 6) is -4.46. The molecule has 0 amide bonds. The molecular weight excluding hydrogens is 392 g/mol. The van der Waals surface area contributed by atoms with Gasteiger partial charge in [0.1, 0.15) is 11.9 Å². The summed E-state index contributed by atoms with van der Waals surface area (Å²) in [7, 11) is 0. The van der Waals surface area contributed by atoms with Crippen molar-refractivity contribution >= 4 is 11.8 Å². The van der Waals surface area contributed by atoms with Gasteiger partial charge in [-0.15, -0.1) is 0 Å². The van der Waals surface area contributed by atoms with Gasteiger partial charge in [-0.2, -0.15) is 0 Å². The molecule has 3 rings (SSSR count). The third-order valence-corrected chi connectivity index (χ3v) is 6.67. The SMILES string of the molecule is CC(=O)O[C@@H]1CC[C@@]2(C)C(=C(O)C(=O)c3c(O)c(C(C)CO)c(O)c(O)c32)C1(C)C. The fraction of sp³-hybridized carbons (Fsp3) is 0.545. The van der Waals surface area contributed by atoms with Crippen molar-refractivity contribution in [2.24, 2.45) is 5.41 Å². The number of ether oxygens (including phenoxy) is 1. The molecule has 164 valence electrons. The number of ketones is 1. The van der Waals surface area contributed by atoms with Crippen LogP contribution in [0.25, 0.3) is 0 Å². The number of aromatic hydroxyl groups is 3. The van der Waals surface area contributed by atoms with Crippen LogP contribution in [-0.4, -0.2) is 50.0 Å². The molecule has 0 radical (unpaired) electrons. The summed E-state index contributed by atoms with van der Waals surface area (Å²) in [5, 5.41) is 52.7. The zero-order valence-corrected chi connectivity index (χ0v) is 17.7. The molecule has 1 aromatic rings. The van der Waals surface area contributed by atoms with Crippen LogP contribution >= 0.6 is 0 Å². The van der Waals surface area contributed by atoms with E-state index in [0.717, 1.165) is 0 Å². The van der Waals surface area contributed by atoms with Crippen molar-refractivity contribution in [3.63, 3.8) is 0 Å². The van der Waals surface area contributed by atoms with E-state index in [9.17, 15) is 35.1 Å². The summed E-state index contributed by atoms with van der Waals surface area (Å²) in [5.41, 5.74) is -2.19. The van der Waals surface area contributed by atoms with Crippen molar-refractivity contribution in [1.82, 2.24) is 0 Å². The number of aliphatic hydroxyl groups excluding tert-OH is 2. The topological polar surface area (TPSA) is 145 Å². The van der Waals surface area contributed by atoms with Crippen LogP contribution < -0.4 is 0 Å². The van der Waals surface area contributed by atoms with E-state index in [2.05, 4.69) is 0 Å². The average Bonchev–Trinajstić information content (AvgIpc) is 2.64. The molecule has 1 aromatic carbocycles. The third kappa shape index (κ3) is 2.77. The highest BCUT2D eigenvalue weighted by molar-refractivity contribution is 6.13. The van der Waals surface area contributed by atoms with Gasteiger partial charge in [0, 0.05) is 41.4 Å². The van der Waals surface area contributed by atoms with Crippen LogP contribution in [0.1, 0.15) is 74.9 Å².